The molecule has 0 saturated carbocycles. The first-order chi connectivity index (χ1) is 4.66. The molecule has 0 saturated heterocycles. The minimum atomic E-state index is -5.84. The Morgan fingerprint density at radius 3 is 1.42 bits per heavy atom. The van der Waals surface area contributed by atoms with Crippen molar-refractivity contribution in [2.75, 3.05) is 0 Å². The Kier molecular flexibility index (Phi) is 9.90. The molecule has 0 fully saturated rings. The summed E-state index contributed by atoms with van der Waals surface area (Å²) < 4.78 is 57.5. The fourth-order valence-electron chi connectivity index (χ4n) is 0. The largest absolute Gasteiger partial charge is 1.00 e. The van der Waals surface area contributed by atoms with Gasteiger partial charge in [-0.25, -0.2) is 0 Å². The standard InChI is InChI=1S/CHF3O3S.HNO2.Na/c2-1(3,4)8(5,6)7;2-1-3;/h(H,5,6,7);(H,2,3);/q;;+1/p-1. The van der Waals surface area contributed by atoms with E-state index in [4.69, 9.17) is 23.1 Å². The number of alkyl halides is 3. The summed E-state index contributed by atoms with van der Waals surface area (Å²) in [6, 6.07) is 0. The monoisotopic (exact) mass is 219 g/mol. The zero-order chi connectivity index (χ0) is 9.71. The molecule has 0 aliphatic carbocycles. The van der Waals surface area contributed by atoms with E-state index in [2.05, 4.69) is 0 Å². The summed E-state index contributed by atoms with van der Waals surface area (Å²) in [6.45, 7) is 0. The van der Waals surface area contributed by atoms with Crippen LogP contribution < -0.4 is 29.6 Å². The van der Waals surface area contributed by atoms with Crippen molar-refractivity contribution in [3.8, 4) is 0 Å². The second-order valence-corrected chi connectivity index (χ2v) is 2.41. The van der Waals surface area contributed by atoms with Gasteiger partial charge in [-0.2, -0.15) is 21.6 Å². The molecule has 0 aromatic heterocycles. The van der Waals surface area contributed by atoms with Gasteiger partial charge in [-0.05, 0) is 0 Å². The molecule has 11 heteroatoms. The van der Waals surface area contributed by atoms with Crippen LogP contribution in [-0.4, -0.2) is 18.5 Å². The molecule has 0 unspecified atom stereocenters. The molecular formula is CHF3NNaO5S. The fraction of sp³-hybridized carbons (Fsp3) is 1.00. The van der Waals surface area contributed by atoms with Crippen LogP contribution >= 0.6 is 0 Å². The van der Waals surface area contributed by atoms with Crippen LogP contribution in [0.25, 0.3) is 0 Å². The van der Waals surface area contributed by atoms with Gasteiger partial charge in [0.05, 0.1) is 0 Å². The predicted molar refractivity (Wildman–Crippen MR) is 26.8 cm³/mol. The van der Waals surface area contributed by atoms with E-state index < -0.39 is 15.6 Å². The van der Waals surface area contributed by atoms with Crippen LogP contribution in [0.3, 0.4) is 0 Å². The SMILES string of the molecule is O=N[O-].O=S(=O)(O)C(F)(F)F.[Na+]. The van der Waals surface area contributed by atoms with Gasteiger partial charge in [0, 0.05) is 0 Å². The minimum absolute atomic E-state index is 0. The van der Waals surface area contributed by atoms with Crippen molar-refractivity contribution in [2.24, 2.45) is 5.34 Å². The van der Waals surface area contributed by atoms with Gasteiger partial charge < -0.3 is 10.1 Å². The van der Waals surface area contributed by atoms with Crippen LogP contribution in [0.4, 0.5) is 13.2 Å². The zero-order valence-electron chi connectivity index (χ0n) is 5.57. The van der Waals surface area contributed by atoms with Crippen LogP contribution in [0.1, 0.15) is 0 Å². The van der Waals surface area contributed by atoms with E-state index in [-0.39, 0.29) is 29.6 Å². The van der Waals surface area contributed by atoms with E-state index in [0.29, 0.717) is 0 Å². The molecule has 0 aliphatic heterocycles. The van der Waals surface area contributed by atoms with Gasteiger partial charge in [0.2, 0.25) is 0 Å². The first-order valence-corrected chi connectivity index (χ1v) is 3.09. The quantitative estimate of drug-likeness (QED) is 0.161. The molecule has 0 bridgehead atoms. The van der Waals surface area contributed by atoms with Gasteiger partial charge in [0.25, 0.3) is 0 Å². The summed E-state index contributed by atoms with van der Waals surface area (Å²) >= 11 is 0. The molecule has 0 radical (unpaired) electrons. The Morgan fingerprint density at radius 2 is 1.42 bits per heavy atom. The Hall–Kier alpha value is 0.1000. The van der Waals surface area contributed by atoms with Gasteiger partial charge in [0.1, 0.15) is 0 Å². The van der Waals surface area contributed by atoms with Crippen molar-refractivity contribution >= 4 is 10.1 Å². The van der Waals surface area contributed by atoms with Crippen molar-refractivity contribution in [2.45, 2.75) is 5.51 Å². The molecule has 1 N–H and O–H groups in total. The first kappa shape index (κ1) is 18.0. The van der Waals surface area contributed by atoms with Crippen molar-refractivity contribution in [1.82, 2.24) is 0 Å². The van der Waals surface area contributed by atoms with Gasteiger partial charge in [0.15, 0.2) is 0 Å². The number of hydrogen-bond donors (Lipinski definition) is 1. The van der Waals surface area contributed by atoms with E-state index in [0.717, 1.165) is 5.34 Å². The van der Waals surface area contributed by atoms with Crippen LogP contribution in [0.5, 0.6) is 0 Å². The molecule has 0 aromatic carbocycles. The summed E-state index contributed by atoms with van der Waals surface area (Å²) in [5, 5.41) is 9.00. The summed E-state index contributed by atoms with van der Waals surface area (Å²) in [5.74, 6) is 0. The Labute approximate surface area is 86.7 Å². The summed E-state index contributed by atoms with van der Waals surface area (Å²) in [7, 11) is -5.84. The fourth-order valence-corrected chi connectivity index (χ4v) is 0. The smallest absolute Gasteiger partial charge is 0.444 e. The maximum atomic E-state index is 10.7. The Morgan fingerprint density at radius 1 is 1.33 bits per heavy atom. The van der Waals surface area contributed by atoms with Gasteiger partial charge in [-0.15, -0.1) is 5.34 Å². The normalized spacial score (nSPS) is 10.3. The molecule has 0 heterocycles. The average Bonchev–Trinajstić information content (AvgIpc) is 1.60. The Balaban J connectivity index is -0.000000177. The molecule has 12 heavy (non-hydrogen) atoms. The van der Waals surface area contributed by atoms with Crippen molar-refractivity contribution in [3.63, 3.8) is 0 Å². The maximum absolute atomic E-state index is 10.7. The van der Waals surface area contributed by atoms with Crippen molar-refractivity contribution in [1.29, 1.82) is 0 Å². The predicted octanol–water partition coefficient (Wildman–Crippen LogP) is -2.35. The molecule has 68 valence electrons. The van der Waals surface area contributed by atoms with Crippen molar-refractivity contribution in [3.05, 3.63) is 10.1 Å². The van der Waals surface area contributed by atoms with Crippen LogP contribution in [0.15, 0.2) is 5.34 Å². The second kappa shape index (κ2) is 6.60. The van der Waals surface area contributed by atoms with E-state index >= 15 is 0 Å². The molecule has 0 aromatic rings. The third-order valence-electron chi connectivity index (χ3n) is 0.292. The van der Waals surface area contributed by atoms with E-state index in [1.165, 1.54) is 0 Å². The van der Waals surface area contributed by atoms with Gasteiger partial charge >= 0.3 is 45.2 Å². The number of rotatable bonds is 0. The molecule has 0 aliphatic rings. The van der Waals surface area contributed by atoms with Crippen molar-refractivity contribution < 1.29 is 55.7 Å². The molecule has 0 atom stereocenters. The van der Waals surface area contributed by atoms with Crippen LogP contribution in [-0.2, 0) is 10.1 Å². The molecule has 0 spiro atoms. The number of hydrogen-bond acceptors (Lipinski definition) is 5. The first-order valence-electron chi connectivity index (χ1n) is 1.65. The Bertz CT molecular complexity index is 209. The number of halogens is 3. The molecular weight excluding hydrogens is 218 g/mol. The van der Waals surface area contributed by atoms with Gasteiger partial charge in [-0.1, -0.05) is 0 Å². The number of nitrogens with zero attached hydrogens (tertiary/aromatic N) is 1. The van der Waals surface area contributed by atoms with E-state index in [1.54, 1.807) is 0 Å². The van der Waals surface area contributed by atoms with Crippen LogP contribution in [0, 0.1) is 10.1 Å². The van der Waals surface area contributed by atoms with Gasteiger partial charge in [-0.3, -0.25) is 4.55 Å². The van der Waals surface area contributed by atoms with E-state index in [1.807, 2.05) is 0 Å². The van der Waals surface area contributed by atoms with Crippen LogP contribution in [0.2, 0.25) is 0 Å². The topological polar surface area (TPSA) is 107 Å². The summed E-state index contributed by atoms with van der Waals surface area (Å²) in [6.07, 6.45) is 0. The summed E-state index contributed by atoms with van der Waals surface area (Å²) in [4.78, 5) is 8.00. The third-order valence-corrected chi connectivity index (χ3v) is 0.877. The third kappa shape index (κ3) is 10.1. The van der Waals surface area contributed by atoms with E-state index in [9.17, 15) is 13.2 Å². The maximum Gasteiger partial charge on any atom is 1.00 e. The molecule has 0 amide bonds. The average molecular weight is 219 g/mol. The molecule has 6 nitrogen and oxygen atoms in total. The summed E-state index contributed by atoms with van der Waals surface area (Å²) in [5.41, 5.74) is -5.53. The zero-order valence-corrected chi connectivity index (χ0v) is 8.39. The second-order valence-electron chi connectivity index (χ2n) is 0.995. The minimum Gasteiger partial charge on any atom is -0.444 e. The molecule has 0 rings (SSSR count).